The van der Waals surface area contributed by atoms with Crippen LogP contribution < -0.4 is 0 Å². The second kappa shape index (κ2) is 4.31. The zero-order chi connectivity index (χ0) is 10.7. The fourth-order valence-corrected chi connectivity index (χ4v) is 1.64. The molecule has 2 rings (SSSR count). The van der Waals surface area contributed by atoms with Gasteiger partial charge in [-0.15, -0.1) is 0 Å². The van der Waals surface area contributed by atoms with Crippen molar-refractivity contribution >= 4 is 0 Å². The molecular formula is C15H15. The predicted octanol–water partition coefficient (Wildman–Crippen LogP) is 4.28. The summed E-state index contributed by atoms with van der Waals surface area (Å²) in [6, 6.07) is 19.9. The SMILES string of the molecule is CC(C)c1ccc(-c2cc[c]cc2)cc1. The van der Waals surface area contributed by atoms with E-state index in [9.17, 15) is 0 Å². The highest BCUT2D eigenvalue weighted by atomic mass is 14.0. The second-order valence-electron chi connectivity index (χ2n) is 4.07. The van der Waals surface area contributed by atoms with E-state index in [1.807, 2.05) is 12.1 Å². The Kier molecular flexibility index (Phi) is 2.86. The zero-order valence-corrected chi connectivity index (χ0v) is 9.20. The molecule has 0 heteroatoms. The minimum Gasteiger partial charge on any atom is -0.0587 e. The van der Waals surface area contributed by atoms with Crippen LogP contribution in [0.2, 0.25) is 0 Å². The molecule has 0 saturated carbocycles. The minimum atomic E-state index is 0.600. The summed E-state index contributed by atoms with van der Waals surface area (Å²) >= 11 is 0. The molecule has 1 radical (unpaired) electrons. The van der Waals surface area contributed by atoms with Gasteiger partial charge in [0.05, 0.1) is 0 Å². The van der Waals surface area contributed by atoms with E-state index in [-0.39, 0.29) is 0 Å². The standard InChI is InChI=1S/C15H15/c1-12(2)13-8-10-15(11-9-13)14-6-4-3-5-7-14/h4-12H,1-2H3. The highest BCUT2D eigenvalue weighted by Crippen LogP contribution is 2.21. The van der Waals surface area contributed by atoms with Crippen molar-refractivity contribution in [2.24, 2.45) is 0 Å². The molecule has 0 aliphatic carbocycles. The summed E-state index contributed by atoms with van der Waals surface area (Å²) in [5.41, 5.74) is 3.92. The molecule has 0 bridgehead atoms. The lowest BCUT2D eigenvalue weighted by atomic mass is 9.99. The van der Waals surface area contributed by atoms with E-state index in [0.717, 1.165) is 0 Å². The molecule has 2 aromatic carbocycles. The van der Waals surface area contributed by atoms with Gasteiger partial charge >= 0.3 is 0 Å². The fraction of sp³-hybridized carbons (Fsp3) is 0.200. The first-order chi connectivity index (χ1) is 7.27. The monoisotopic (exact) mass is 195 g/mol. The molecule has 2 aromatic rings. The predicted molar refractivity (Wildman–Crippen MR) is 64.8 cm³/mol. The van der Waals surface area contributed by atoms with E-state index in [2.05, 4.69) is 56.3 Å². The Morgan fingerprint density at radius 3 is 1.87 bits per heavy atom. The molecule has 15 heavy (non-hydrogen) atoms. The van der Waals surface area contributed by atoms with Gasteiger partial charge in [-0.3, -0.25) is 0 Å². The van der Waals surface area contributed by atoms with E-state index in [1.165, 1.54) is 16.7 Å². The molecule has 0 saturated heterocycles. The molecule has 0 nitrogen and oxygen atoms in total. The summed E-state index contributed by atoms with van der Waals surface area (Å²) in [7, 11) is 0. The maximum Gasteiger partial charge on any atom is -0.0184 e. The maximum absolute atomic E-state index is 3.03. The normalized spacial score (nSPS) is 10.6. The van der Waals surface area contributed by atoms with Gasteiger partial charge in [-0.05, 0) is 28.7 Å². The van der Waals surface area contributed by atoms with Crippen molar-refractivity contribution in [3.05, 3.63) is 60.2 Å². The van der Waals surface area contributed by atoms with Crippen LogP contribution in [0.4, 0.5) is 0 Å². The number of hydrogen-bond donors (Lipinski definition) is 0. The molecule has 0 atom stereocenters. The summed E-state index contributed by atoms with van der Waals surface area (Å²) in [6.45, 7) is 4.43. The van der Waals surface area contributed by atoms with Crippen molar-refractivity contribution in [3.63, 3.8) is 0 Å². The summed E-state index contributed by atoms with van der Waals surface area (Å²) < 4.78 is 0. The molecule has 0 aromatic heterocycles. The largest absolute Gasteiger partial charge is 0.0587 e. The smallest absolute Gasteiger partial charge is 0.0184 e. The van der Waals surface area contributed by atoms with E-state index in [0.29, 0.717) is 5.92 Å². The van der Waals surface area contributed by atoms with Gasteiger partial charge in [-0.2, -0.15) is 0 Å². The van der Waals surface area contributed by atoms with Crippen molar-refractivity contribution < 1.29 is 0 Å². The molecule has 0 heterocycles. The van der Waals surface area contributed by atoms with E-state index in [1.54, 1.807) is 0 Å². The Bertz CT molecular complexity index is 410. The first-order valence-electron chi connectivity index (χ1n) is 5.34. The fourth-order valence-electron chi connectivity index (χ4n) is 1.64. The average molecular weight is 195 g/mol. The van der Waals surface area contributed by atoms with Crippen LogP contribution in [-0.2, 0) is 0 Å². The van der Waals surface area contributed by atoms with Crippen LogP contribution in [0.15, 0.2) is 48.5 Å². The van der Waals surface area contributed by atoms with E-state index in [4.69, 9.17) is 0 Å². The number of hydrogen-bond acceptors (Lipinski definition) is 0. The van der Waals surface area contributed by atoms with Crippen LogP contribution in [0.3, 0.4) is 0 Å². The lowest BCUT2D eigenvalue weighted by molar-refractivity contribution is 0.867. The van der Waals surface area contributed by atoms with Crippen molar-refractivity contribution in [2.45, 2.75) is 19.8 Å². The molecule has 0 N–H and O–H groups in total. The van der Waals surface area contributed by atoms with Crippen molar-refractivity contribution in [1.29, 1.82) is 0 Å². The molecule has 0 amide bonds. The van der Waals surface area contributed by atoms with Gasteiger partial charge in [-0.25, -0.2) is 0 Å². The van der Waals surface area contributed by atoms with Gasteiger partial charge in [0.2, 0.25) is 0 Å². The van der Waals surface area contributed by atoms with Crippen molar-refractivity contribution in [1.82, 2.24) is 0 Å². The summed E-state index contributed by atoms with van der Waals surface area (Å²) in [6.07, 6.45) is 0. The number of benzene rings is 2. The molecule has 0 spiro atoms. The maximum atomic E-state index is 3.03. The van der Waals surface area contributed by atoms with Crippen LogP contribution in [0.25, 0.3) is 11.1 Å². The Morgan fingerprint density at radius 2 is 1.33 bits per heavy atom. The third kappa shape index (κ3) is 2.27. The summed E-state index contributed by atoms with van der Waals surface area (Å²) in [5.74, 6) is 0.600. The first-order valence-corrected chi connectivity index (χ1v) is 5.34. The lowest BCUT2D eigenvalue weighted by Gasteiger charge is -2.06. The van der Waals surface area contributed by atoms with Crippen LogP contribution >= 0.6 is 0 Å². The highest BCUT2D eigenvalue weighted by molar-refractivity contribution is 5.63. The van der Waals surface area contributed by atoms with Crippen LogP contribution in [0, 0.1) is 6.07 Å². The van der Waals surface area contributed by atoms with Gasteiger partial charge in [0.1, 0.15) is 0 Å². The van der Waals surface area contributed by atoms with E-state index < -0.39 is 0 Å². The summed E-state index contributed by atoms with van der Waals surface area (Å²) in [4.78, 5) is 0. The van der Waals surface area contributed by atoms with Gasteiger partial charge in [0.25, 0.3) is 0 Å². The zero-order valence-electron chi connectivity index (χ0n) is 9.20. The van der Waals surface area contributed by atoms with E-state index >= 15 is 0 Å². The summed E-state index contributed by atoms with van der Waals surface area (Å²) in [5, 5.41) is 0. The third-order valence-electron chi connectivity index (χ3n) is 2.63. The van der Waals surface area contributed by atoms with Gasteiger partial charge in [0, 0.05) is 0 Å². The second-order valence-corrected chi connectivity index (χ2v) is 4.07. The molecule has 0 unspecified atom stereocenters. The Morgan fingerprint density at radius 1 is 0.800 bits per heavy atom. The Hall–Kier alpha value is -1.56. The first kappa shape index (κ1) is 9.97. The van der Waals surface area contributed by atoms with Gasteiger partial charge < -0.3 is 0 Å². The Balaban J connectivity index is 2.32. The van der Waals surface area contributed by atoms with Crippen molar-refractivity contribution in [3.8, 4) is 11.1 Å². The molecule has 0 fully saturated rings. The third-order valence-corrected chi connectivity index (χ3v) is 2.63. The minimum absolute atomic E-state index is 0.600. The topological polar surface area (TPSA) is 0 Å². The lowest BCUT2D eigenvalue weighted by Crippen LogP contribution is -1.86. The average Bonchev–Trinajstić information content (AvgIpc) is 2.30. The molecule has 0 aliphatic rings. The Labute approximate surface area is 91.6 Å². The van der Waals surface area contributed by atoms with Gasteiger partial charge in [-0.1, -0.05) is 62.4 Å². The molecule has 0 aliphatic heterocycles. The van der Waals surface area contributed by atoms with Crippen LogP contribution in [0.1, 0.15) is 25.3 Å². The molecular weight excluding hydrogens is 180 g/mol. The number of rotatable bonds is 2. The van der Waals surface area contributed by atoms with Crippen molar-refractivity contribution in [2.75, 3.05) is 0 Å². The van der Waals surface area contributed by atoms with Crippen LogP contribution in [-0.4, -0.2) is 0 Å². The quantitative estimate of drug-likeness (QED) is 0.671. The molecule has 75 valence electrons. The highest BCUT2D eigenvalue weighted by Gasteiger charge is 1.99. The van der Waals surface area contributed by atoms with Crippen LogP contribution in [0.5, 0.6) is 0 Å². The van der Waals surface area contributed by atoms with Gasteiger partial charge in [0.15, 0.2) is 0 Å².